The van der Waals surface area contributed by atoms with Gasteiger partial charge in [-0.2, -0.15) is 5.26 Å². The topological polar surface area (TPSA) is 52.9 Å². The summed E-state index contributed by atoms with van der Waals surface area (Å²) in [5.41, 5.74) is 4.05. The number of carbonyl (C=O) groups excluding carboxylic acids is 1. The molecule has 0 bridgehead atoms. The van der Waals surface area contributed by atoms with Gasteiger partial charge in [-0.15, -0.1) is 0 Å². The summed E-state index contributed by atoms with van der Waals surface area (Å²) < 4.78 is 0. The van der Waals surface area contributed by atoms with Crippen molar-refractivity contribution >= 4 is 17.7 Å². The second-order valence-electron chi connectivity index (χ2n) is 6.00. The Labute approximate surface area is 143 Å². The maximum Gasteiger partial charge on any atom is 0.266 e. The standard InChI is InChI=1S/C21H22N2O/c1-4-16-7-11-20(12-8-16)23-21(24)19(14-22)13-17-5-9-18(10-6-17)15(2)3/h5-13,15H,4H2,1-3H3,(H,23,24)/b19-13-. The van der Waals surface area contributed by atoms with Crippen molar-refractivity contribution in [2.45, 2.75) is 33.1 Å². The van der Waals surface area contributed by atoms with Gasteiger partial charge in [0, 0.05) is 5.69 Å². The third-order valence-electron chi connectivity index (χ3n) is 3.90. The minimum absolute atomic E-state index is 0.0897. The molecule has 1 N–H and O–H groups in total. The summed E-state index contributed by atoms with van der Waals surface area (Å²) in [5.74, 6) is 0.0579. The Morgan fingerprint density at radius 3 is 2.25 bits per heavy atom. The van der Waals surface area contributed by atoms with Crippen LogP contribution < -0.4 is 5.32 Å². The van der Waals surface area contributed by atoms with Crippen LogP contribution in [0.4, 0.5) is 5.69 Å². The van der Waals surface area contributed by atoms with E-state index in [1.165, 1.54) is 11.1 Å². The van der Waals surface area contributed by atoms with Gasteiger partial charge in [0.05, 0.1) is 0 Å². The molecule has 0 aromatic heterocycles. The number of amides is 1. The van der Waals surface area contributed by atoms with Gasteiger partial charge in [0.2, 0.25) is 0 Å². The maximum atomic E-state index is 12.3. The van der Waals surface area contributed by atoms with Crippen molar-refractivity contribution in [3.05, 3.63) is 70.8 Å². The number of hydrogen-bond donors (Lipinski definition) is 1. The zero-order valence-electron chi connectivity index (χ0n) is 14.3. The van der Waals surface area contributed by atoms with E-state index in [1.807, 2.05) is 54.6 Å². The van der Waals surface area contributed by atoms with E-state index in [2.05, 4.69) is 26.1 Å². The maximum absolute atomic E-state index is 12.3. The highest BCUT2D eigenvalue weighted by Gasteiger charge is 2.09. The van der Waals surface area contributed by atoms with Gasteiger partial charge < -0.3 is 5.32 Å². The van der Waals surface area contributed by atoms with E-state index in [0.717, 1.165) is 12.0 Å². The molecule has 0 saturated carbocycles. The van der Waals surface area contributed by atoms with Crippen molar-refractivity contribution < 1.29 is 4.79 Å². The minimum Gasteiger partial charge on any atom is -0.321 e. The number of hydrogen-bond acceptors (Lipinski definition) is 2. The molecule has 0 aliphatic rings. The van der Waals surface area contributed by atoms with E-state index < -0.39 is 5.91 Å². The van der Waals surface area contributed by atoms with Crippen LogP contribution in [0.25, 0.3) is 6.08 Å². The summed E-state index contributed by atoms with van der Waals surface area (Å²) in [6.45, 7) is 6.33. The molecule has 1 amide bonds. The summed E-state index contributed by atoms with van der Waals surface area (Å²) >= 11 is 0. The van der Waals surface area contributed by atoms with Gasteiger partial charge in [-0.25, -0.2) is 0 Å². The largest absolute Gasteiger partial charge is 0.321 e. The summed E-state index contributed by atoms with van der Waals surface area (Å²) in [6, 6.07) is 17.5. The zero-order valence-corrected chi connectivity index (χ0v) is 14.3. The molecule has 2 aromatic carbocycles. The highest BCUT2D eigenvalue weighted by atomic mass is 16.1. The summed E-state index contributed by atoms with van der Waals surface area (Å²) in [6.07, 6.45) is 2.56. The minimum atomic E-state index is -0.394. The van der Waals surface area contributed by atoms with E-state index in [9.17, 15) is 10.1 Å². The smallest absolute Gasteiger partial charge is 0.266 e. The molecular formula is C21H22N2O. The fourth-order valence-electron chi connectivity index (χ4n) is 2.31. The van der Waals surface area contributed by atoms with Crippen LogP contribution in [-0.4, -0.2) is 5.91 Å². The van der Waals surface area contributed by atoms with Crippen LogP contribution in [0.5, 0.6) is 0 Å². The first-order valence-electron chi connectivity index (χ1n) is 8.15. The number of anilines is 1. The molecule has 24 heavy (non-hydrogen) atoms. The monoisotopic (exact) mass is 318 g/mol. The lowest BCUT2D eigenvalue weighted by Gasteiger charge is -2.06. The normalized spacial score (nSPS) is 11.2. The van der Waals surface area contributed by atoms with Crippen LogP contribution in [0.15, 0.2) is 54.1 Å². The molecule has 0 aliphatic heterocycles. The lowest BCUT2D eigenvalue weighted by atomic mass is 10.0. The molecule has 0 heterocycles. The number of nitrogens with one attached hydrogen (secondary N) is 1. The highest BCUT2D eigenvalue weighted by molar-refractivity contribution is 6.09. The molecule has 3 nitrogen and oxygen atoms in total. The Morgan fingerprint density at radius 2 is 1.75 bits per heavy atom. The molecule has 0 spiro atoms. The molecule has 0 unspecified atom stereocenters. The zero-order chi connectivity index (χ0) is 17.5. The molecule has 122 valence electrons. The molecule has 2 aromatic rings. The van der Waals surface area contributed by atoms with Gasteiger partial charge in [-0.3, -0.25) is 4.79 Å². The first kappa shape index (κ1) is 17.5. The van der Waals surface area contributed by atoms with Crippen LogP contribution in [-0.2, 0) is 11.2 Å². The second-order valence-corrected chi connectivity index (χ2v) is 6.00. The third-order valence-corrected chi connectivity index (χ3v) is 3.90. The van der Waals surface area contributed by atoms with Crippen molar-refractivity contribution in [1.29, 1.82) is 5.26 Å². The summed E-state index contributed by atoms with van der Waals surface area (Å²) in [7, 11) is 0. The van der Waals surface area contributed by atoms with E-state index in [-0.39, 0.29) is 5.57 Å². The predicted molar refractivity (Wildman–Crippen MR) is 98.6 cm³/mol. The molecule has 3 heteroatoms. The lowest BCUT2D eigenvalue weighted by molar-refractivity contribution is -0.112. The van der Waals surface area contributed by atoms with E-state index in [0.29, 0.717) is 11.6 Å². The lowest BCUT2D eigenvalue weighted by Crippen LogP contribution is -2.13. The SMILES string of the molecule is CCc1ccc(NC(=O)/C(C#N)=C\c2ccc(C(C)C)cc2)cc1. The number of aryl methyl sites for hydroxylation is 1. The Morgan fingerprint density at radius 1 is 1.12 bits per heavy atom. The van der Waals surface area contributed by atoms with Gasteiger partial charge in [0.25, 0.3) is 5.91 Å². The Kier molecular flexibility index (Phi) is 5.92. The predicted octanol–water partition coefficient (Wildman–Crippen LogP) is 4.92. The molecule has 0 fully saturated rings. The van der Waals surface area contributed by atoms with Gasteiger partial charge in [-0.1, -0.05) is 57.2 Å². The average Bonchev–Trinajstić information content (AvgIpc) is 2.60. The van der Waals surface area contributed by atoms with Crippen LogP contribution >= 0.6 is 0 Å². The molecular weight excluding hydrogens is 296 g/mol. The van der Waals surface area contributed by atoms with Crippen LogP contribution in [0.3, 0.4) is 0 Å². The highest BCUT2D eigenvalue weighted by Crippen LogP contribution is 2.17. The van der Waals surface area contributed by atoms with E-state index in [4.69, 9.17) is 0 Å². The van der Waals surface area contributed by atoms with Crippen molar-refractivity contribution in [1.82, 2.24) is 0 Å². The van der Waals surface area contributed by atoms with Crippen LogP contribution in [0.1, 0.15) is 43.4 Å². The van der Waals surface area contributed by atoms with Crippen molar-refractivity contribution in [3.63, 3.8) is 0 Å². The van der Waals surface area contributed by atoms with Gasteiger partial charge in [-0.05, 0) is 47.2 Å². The first-order valence-corrected chi connectivity index (χ1v) is 8.15. The fraction of sp³-hybridized carbons (Fsp3) is 0.238. The number of benzene rings is 2. The van der Waals surface area contributed by atoms with Crippen LogP contribution in [0, 0.1) is 11.3 Å². The quantitative estimate of drug-likeness (QED) is 0.628. The molecule has 0 aliphatic carbocycles. The van der Waals surface area contributed by atoms with Crippen molar-refractivity contribution in [2.75, 3.05) is 5.32 Å². The first-order chi connectivity index (χ1) is 11.5. The molecule has 0 radical (unpaired) electrons. The number of rotatable bonds is 5. The Hall–Kier alpha value is -2.86. The Balaban J connectivity index is 2.14. The third kappa shape index (κ3) is 4.57. The van der Waals surface area contributed by atoms with Crippen molar-refractivity contribution in [3.8, 4) is 6.07 Å². The number of carbonyl (C=O) groups is 1. The van der Waals surface area contributed by atoms with Gasteiger partial charge in [0.15, 0.2) is 0 Å². The fourth-order valence-corrected chi connectivity index (χ4v) is 2.31. The molecule has 0 saturated heterocycles. The van der Waals surface area contributed by atoms with E-state index in [1.54, 1.807) is 6.08 Å². The average molecular weight is 318 g/mol. The van der Waals surface area contributed by atoms with E-state index >= 15 is 0 Å². The number of nitrogens with zero attached hydrogens (tertiary/aromatic N) is 1. The summed E-state index contributed by atoms with van der Waals surface area (Å²) in [5, 5.41) is 12.0. The molecule has 2 rings (SSSR count). The van der Waals surface area contributed by atoms with Gasteiger partial charge >= 0.3 is 0 Å². The number of nitriles is 1. The summed E-state index contributed by atoms with van der Waals surface area (Å²) in [4.78, 5) is 12.3. The Bertz CT molecular complexity index is 763. The second kappa shape index (κ2) is 8.12. The van der Waals surface area contributed by atoms with Crippen molar-refractivity contribution in [2.24, 2.45) is 0 Å². The molecule has 0 atom stereocenters. The van der Waals surface area contributed by atoms with Gasteiger partial charge in [0.1, 0.15) is 11.6 Å². The van der Waals surface area contributed by atoms with Crippen LogP contribution in [0.2, 0.25) is 0 Å².